The van der Waals surface area contributed by atoms with Gasteiger partial charge >= 0.3 is 0 Å². The predicted octanol–water partition coefficient (Wildman–Crippen LogP) is 4.29. The van der Waals surface area contributed by atoms with Crippen molar-refractivity contribution in [2.75, 3.05) is 6.61 Å². The van der Waals surface area contributed by atoms with E-state index in [2.05, 4.69) is 33.9 Å². The lowest BCUT2D eigenvalue weighted by Crippen LogP contribution is -2.15. The van der Waals surface area contributed by atoms with Gasteiger partial charge in [-0.25, -0.2) is 0 Å². The fourth-order valence-electron chi connectivity index (χ4n) is 2.11. The smallest absolute Gasteiger partial charge is 0.126 e. The van der Waals surface area contributed by atoms with Crippen LogP contribution in [0.15, 0.2) is 31.4 Å². The van der Waals surface area contributed by atoms with E-state index < -0.39 is 0 Å². The summed E-state index contributed by atoms with van der Waals surface area (Å²) in [4.78, 5) is 0. The minimum atomic E-state index is -0.0918. The van der Waals surface area contributed by atoms with Gasteiger partial charge in [-0.2, -0.15) is 0 Å². The summed E-state index contributed by atoms with van der Waals surface area (Å²) in [6, 6.07) is 1.81. The first kappa shape index (κ1) is 15.4. The maximum atomic E-state index is 10.2. The van der Waals surface area contributed by atoms with Gasteiger partial charge in [-0.3, -0.25) is 0 Å². The molecular formula is C17H24O2. The second-order valence-corrected chi connectivity index (χ2v) is 5.72. The van der Waals surface area contributed by atoms with E-state index in [1.165, 1.54) is 0 Å². The van der Waals surface area contributed by atoms with Crippen LogP contribution in [0.2, 0.25) is 0 Å². The number of rotatable bonds is 5. The molecule has 2 heteroatoms. The standard InChI is InChI=1S/C17H24O2/c1-7-9-13-12(3)16(19-10-8-2)14(11-15(13)18)17(4,5)6/h7-8,11,18H,1-2,9-10H2,3-6H3. The van der Waals surface area contributed by atoms with Crippen LogP contribution < -0.4 is 4.74 Å². The van der Waals surface area contributed by atoms with Crippen molar-refractivity contribution in [3.05, 3.63) is 48.1 Å². The van der Waals surface area contributed by atoms with Gasteiger partial charge < -0.3 is 9.84 Å². The molecule has 0 radical (unpaired) electrons. The Hall–Kier alpha value is -1.70. The van der Waals surface area contributed by atoms with Gasteiger partial charge in [-0.1, -0.05) is 39.5 Å². The first-order valence-electron chi connectivity index (χ1n) is 6.53. The second kappa shape index (κ2) is 5.96. The van der Waals surface area contributed by atoms with Gasteiger partial charge in [0, 0.05) is 11.1 Å². The number of ether oxygens (including phenoxy) is 1. The lowest BCUT2D eigenvalue weighted by atomic mass is 9.83. The number of hydrogen-bond acceptors (Lipinski definition) is 2. The number of allylic oxidation sites excluding steroid dienone is 1. The number of aromatic hydroxyl groups is 1. The van der Waals surface area contributed by atoms with Crippen molar-refractivity contribution in [3.63, 3.8) is 0 Å². The summed E-state index contributed by atoms with van der Waals surface area (Å²) >= 11 is 0. The molecule has 0 aliphatic rings. The van der Waals surface area contributed by atoms with E-state index in [1.807, 2.05) is 13.0 Å². The zero-order chi connectivity index (χ0) is 14.6. The molecular weight excluding hydrogens is 236 g/mol. The molecule has 1 rings (SSSR count). The molecule has 1 N–H and O–H groups in total. The molecule has 0 fully saturated rings. The van der Waals surface area contributed by atoms with E-state index in [0.29, 0.717) is 18.8 Å². The summed E-state index contributed by atoms with van der Waals surface area (Å²) in [7, 11) is 0. The summed E-state index contributed by atoms with van der Waals surface area (Å²) in [5.74, 6) is 1.16. The van der Waals surface area contributed by atoms with Crippen molar-refractivity contribution in [1.82, 2.24) is 0 Å². The van der Waals surface area contributed by atoms with E-state index in [4.69, 9.17) is 4.74 Å². The van der Waals surface area contributed by atoms with Crippen LogP contribution in [0.1, 0.15) is 37.5 Å². The van der Waals surface area contributed by atoms with E-state index in [1.54, 1.807) is 12.2 Å². The first-order chi connectivity index (χ1) is 8.82. The average molecular weight is 260 g/mol. The van der Waals surface area contributed by atoms with Crippen molar-refractivity contribution < 1.29 is 9.84 Å². The largest absolute Gasteiger partial charge is 0.508 e. The van der Waals surface area contributed by atoms with Gasteiger partial charge in [0.25, 0.3) is 0 Å². The molecule has 1 aromatic rings. The van der Waals surface area contributed by atoms with E-state index >= 15 is 0 Å². The van der Waals surface area contributed by atoms with Crippen molar-refractivity contribution in [2.24, 2.45) is 0 Å². The highest BCUT2D eigenvalue weighted by molar-refractivity contribution is 5.55. The second-order valence-electron chi connectivity index (χ2n) is 5.72. The summed E-state index contributed by atoms with van der Waals surface area (Å²) in [6.07, 6.45) is 4.15. The van der Waals surface area contributed by atoms with Gasteiger partial charge in [-0.15, -0.1) is 6.58 Å². The predicted molar refractivity (Wildman–Crippen MR) is 81.1 cm³/mol. The molecule has 2 nitrogen and oxygen atoms in total. The number of phenolic OH excluding ortho intramolecular Hbond substituents is 1. The number of benzene rings is 1. The fraction of sp³-hybridized carbons (Fsp3) is 0.412. The molecule has 0 aromatic heterocycles. The van der Waals surface area contributed by atoms with E-state index in [9.17, 15) is 5.11 Å². The summed E-state index contributed by atoms with van der Waals surface area (Å²) in [5.41, 5.74) is 2.77. The normalized spacial score (nSPS) is 11.2. The Labute approximate surface area is 116 Å². The van der Waals surface area contributed by atoms with Gasteiger partial charge in [-0.05, 0) is 30.4 Å². The fourth-order valence-corrected chi connectivity index (χ4v) is 2.11. The Morgan fingerprint density at radius 2 is 1.89 bits per heavy atom. The Kier molecular flexibility index (Phi) is 4.82. The summed E-state index contributed by atoms with van der Waals surface area (Å²) in [6.45, 7) is 16.2. The summed E-state index contributed by atoms with van der Waals surface area (Å²) in [5, 5.41) is 10.2. The van der Waals surface area contributed by atoms with Crippen LogP contribution in [0.5, 0.6) is 11.5 Å². The van der Waals surface area contributed by atoms with Crippen molar-refractivity contribution in [3.8, 4) is 11.5 Å². The quantitative estimate of drug-likeness (QED) is 0.800. The molecule has 0 bridgehead atoms. The highest BCUT2D eigenvalue weighted by atomic mass is 16.5. The van der Waals surface area contributed by atoms with E-state index in [-0.39, 0.29) is 5.41 Å². The zero-order valence-corrected chi connectivity index (χ0v) is 12.4. The molecule has 104 valence electrons. The number of phenols is 1. The van der Waals surface area contributed by atoms with Crippen molar-refractivity contribution in [1.29, 1.82) is 0 Å². The third-order valence-electron chi connectivity index (χ3n) is 3.13. The minimum Gasteiger partial charge on any atom is -0.508 e. The van der Waals surface area contributed by atoms with Crippen LogP contribution in [-0.4, -0.2) is 11.7 Å². The lowest BCUT2D eigenvalue weighted by molar-refractivity contribution is 0.346. The Morgan fingerprint density at radius 1 is 1.26 bits per heavy atom. The maximum Gasteiger partial charge on any atom is 0.126 e. The molecule has 0 saturated carbocycles. The Morgan fingerprint density at radius 3 is 2.37 bits per heavy atom. The zero-order valence-electron chi connectivity index (χ0n) is 12.4. The molecule has 1 aromatic carbocycles. The average Bonchev–Trinajstić information content (AvgIpc) is 2.31. The molecule has 0 amide bonds. The monoisotopic (exact) mass is 260 g/mol. The van der Waals surface area contributed by atoms with Gasteiger partial charge in [0.05, 0.1) is 0 Å². The molecule has 0 heterocycles. The Balaban J connectivity index is 3.46. The summed E-state index contributed by atoms with van der Waals surface area (Å²) < 4.78 is 5.82. The van der Waals surface area contributed by atoms with Gasteiger partial charge in [0.1, 0.15) is 18.1 Å². The van der Waals surface area contributed by atoms with Gasteiger partial charge in [0.2, 0.25) is 0 Å². The SMILES string of the molecule is C=CCOc1c(C(C)(C)C)cc(O)c(CC=C)c1C. The van der Waals surface area contributed by atoms with Crippen LogP contribution in [0.3, 0.4) is 0 Å². The lowest BCUT2D eigenvalue weighted by Gasteiger charge is -2.26. The van der Waals surface area contributed by atoms with Crippen LogP contribution in [0.4, 0.5) is 0 Å². The van der Waals surface area contributed by atoms with E-state index in [0.717, 1.165) is 22.4 Å². The molecule has 19 heavy (non-hydrogen) atoms. The highest BCUT2D eigenvalue weighted by Gasteiger charge is 2.24. The molecule has 0 atom stereocenters. The molecule has 0 aliphatic carbocycles. The van der Waals surface area contributed by atoms with Crippen LogP contribution >= 0.6 is 0 Å². The van der Waals surface area contributed by atoms with Crippen LogP contribution in [-0.2, 0) is 11.8 Å². The molecule has 0 aliphatic heterocycles. The molecule has 0 spiro atoms. The maximum absolute atomic E-state index is 10.2. The Bertz CT molecular complexity index is 479. The first-order valence-corrected chi connectivity index (χ1v) is 6.53. The van der Waals surface area contributed by atoms with Crippen LogP contribution in [0, 0.1) is 6.92 Å². The van der Waals surface area contributed by atoms with Gasteiger partial charge in [0.15, 0.2) is 0 Å². The number of hydrogen-bond donors (Lipinski definition) is 1. The third-order valence-corrected chi connectivity index (χ3v) is 3.13. The highest BCUT2D eigenvalue weighted by Crippen LogP contribution is 2.40. The van der Waals surface area contributed by atoms with Crippen LogP contribution in [0.25, 0.3) is 0 Å². The van der Waals surface area contributed by atoms with Crippen molar-refractivity contribution in [2.45, 2.75) is 39.5 Å². The van der Waals surface area contributed by atoms with Crippen molar-refractivity contribution >= 4 is 0 Å². The molecule has 0 unspecified atom stereocenters. The minimum absolute atomic E-state index is 0.0918. The molecule has 0 saturated heterocycles. The third kappa shape index (κ3) is 3.40. The topological polar surface area (TPSA) is 29.5 Å².